The van der Waals surface area contributed by atoms with Crippen molar-refractivity contribution in [3.8, 4) is 6.07 Å². The molecule has 0 bridgehead atoms. The number of halogens is 1. The molecule has 0 saturated heterocycles. The van der Waals surface area contributed by atoms with Gasteiger partial charge in [-0.2, -0.15) is 9.98 Å². The fraction of sp³-hybridized carbons (Fsp3) is 0.176. The molecule has 2 rings (SSSR count). The molecule has 0 unspecified atom stereocenters. The SMILES string of the molecule is N#Cc1ccc(S(=O)(=O)NCC(=O)OCCSc2ccc(Cl)cc2)cc1. The first-order chi connectivity index (χ1) is 12.4. The first kappa shape index (κ1) is 20.3. The van der Waals surface area contributed by atoms with E-state index >= 15 is 0 Å². The lowest BCUT2D eigenvalue weighted by Gasteiger charge is -2.07. The minimum atomic E-state index is -3.84. The van der Waals surface area contributed by atoms with Crippen LogP contribution in [-0.2, 0) is 19.6 Å². The van der Waals surface area contributed by atoms with Gasteiger partial charge in [-0.3, -0.25) is 4.79 Å². The van der Waals surface area contributed by atoms with Crippen LogP contribution in [0, 0.1) is 11.3 Å². The van der Waals surface area contributed by atoms with Gasteiger partial charge in [0.15, 0.2) is 0 Å². The predicted octanol–water partition coefficient (Wildman–Crippen LogP) is 2.83. The van der Waals surface area contributed by atoms with Crippen LogP contribution in [0.15, 0.2) is 58.3 Å². The molecular formula is C17H15ClN2O4S2. The van der Waals surface area contributed by atoms with Crippen LogP contribution in [-0.4, -0.2) is 33.3 Å². The molecule has 9 heteroatoms. The molecule has 0 aliphatic carbocycles. The summed E-state index contributed by atoms with van der Waals surface area (Å²) in [4.78, 5) is 12.6. The highest BCUT2D eigenvalue weighted by Crippen LogP contribution is 2.19. The number of nitrogens with zero attached hydrogens (tertiary/aromatic N) is 1. The van der Waals surface area contributed by atoms with Crippen molar-refractivity contribution < 1.29 is 17.9 Å². The Balaban J connectivity index is 1.73. The maximum absolute atomic E-state index is 12.1. The molecule has 2 aromatic rings. The molecule has 0 atom stereocenters. The van der Waals surface area contributed by atoms with Crippen molar-refractivity contribution in [1.29, 1.82) is 5.26 Å². The van der Waals surface area contributed by atoms with Crippen molar-refractivity contribution in [2.45, 2.75) is 9.79 Å². The summed E-state index contributed by atoms with van der Waals surface area (Å²) in [5.74, 6) is -0.130. The van der Waals surface area contributed by atoms with Crippen molar-refractivity contribution >= 4 is 39.4 Å². The maximum atomic E-state index is 12.1. The standard InChI is InChI=1S/C17H15ClN2O4S2/c18-14-3-5-15(6-4-14)25-10-9-24-17(21)12-20-26(22,23)16-7-1-13(11-19)2-8-16/h1-8,20H,9-10,12H2. The zero-order chi connectivity index (χ0) is 19.0. The van der Waals surface area contributed by atoms with E-state index in [0.29, 0.717) is 16.3 Å². The van der Waals surface area contributed by atoms with Crippen LogP contribution >= 0.6 is 23.4 Å². The van der Waals surface area contributed by atoms with Gasteiger partial charge in [0.05, 0.1) is 16.5 Å². The van der Waals surface area contributed by atoms with Gasteiger partial charge < -0.3 is 4.74 Å². The molecule has 0 saturated carbocycles. The third kappa shape index (κ3) is 6.35. The quantitative estimate of drug-likeness (QED) is 0.408. The summed E-state index contributed by atoms with van der Waals surface area (Å²) in [6.45, 7) is -0.307. The zero-order valence-electron chi connectivity index (χ0n) is 13.5. The smallest absolute Gasteiger partial charge is 0.321 e. The van der Waals surface area contributed by atoms with Crippen LogP contribution in [0.5, 0.6) is 0 Å². The van der Waals surface area contributed by atoms with Crippen LogP contribution in [0.3, 0.4) is 0 Å². The maximum Gasteiger partial charge on any atom is 0.321 e. The average Bonchev–Trinajstić information content (AvgIpc) is 2.65. The van der Waals surface area contributed by atoms with Gasteiger partial charge in [-0.1, -0.05) is 11.6 Å². The molecule has 26 heavy (non-hydrogen) atoms. The van der Waals surface area contributed by atoms with E-state index in [4.69, 9.17) is 21.6 Å². The minimum Gasteiger partial charge on any atom is -0.464 e. The second-order valence-electron chi connectivity index (χ2n) is 4.98. The number of carbonyl (C=O) groups excluding carboxylic acids is 1. The van der Waals surface area contributed by atoms with Crippen LogP contribution in [0.2, 0.25) is 5.02 Å². The third-order valence-corrected chi connectivity index (χ3v) is 5.77. The zero-order valence-corrected chi connectivity index (χ0v) is 15.9. The average molecular weight is 411 g/mol. The Hall–Kier alpha value is -2.05. The number of carbonyl (C=O) groups is 1. The van der Waals surface area contributed by atoms with Crippen molar-refractivity contribution in [1.82, 2.24) is 4.72 Å². The van der Waals surface area contributed by atoms with E-state index in [2.05, 4.69) is 4.72 Å². The van der Waals surface area contributed by atoms with Crippen molar-refractivity contribution in [2.75, 3.05) is 18.9 Å². The van der Waals surface area contributed by atoms with Crippen molar-refractivity contribution in [3.63, 3.8) is 0 Å². The summed E-state index contributed by atoms with van der Waals surface area (Å²) in [6.07, 6.45) is 0. The topological polar surface area (TPSA) is 96.3 Å². The largest absolute Gasteiger partial charge is 0.464 e. The highest BCUT2D eigenvalue weighted by atomic mass is 35.5. The fourth-order valence-electron chi connectivity index (χ4n) is 1.84. The number of sulfonamides is 1. The van der Waals surface area contributed by atoms with Gasteiger partial charge in [0, 0.05) is 15.7 Å². The molecule has 2 aromatic carbocycles. The van der Waals surface area contributed by atoms with Crippen LogP contribution in [0.25, 0.3) is 0 Å². The second kappa shape index (κ2) is 9.59. The summed E-state index contributed by atoms with van der Waals surface area (Å²) in [5.41, 5.74) is 0.349. The van der Waals surface area contributed by atoms with E-state index in [1.54, 1.807) is 12.1 Å². The van der Waals surface area contributed by atoms with Crippen molar-refractivity contribution in [2.24, 2.45) is 0 Å². The number of nitrogens with one attached hydrogen (secondary N) is 1. The van der Waals surface area contributed by atoms with Crippen LogP contribution < -0.4 is 4.72 Å². The molecule has 0 fully saturated rings. The van der Waals surface area contributed by atoms with Gasteiger partial charge in [-0.15, -0.1) is 11.8 Å². The summed E-state index contributed by atoms with van der Waals surface area (Å²) in [7, 11) is -3.84. The van der Waals surface area contributed by atoms with E-state index in [1.807, 2.05) is 18.2 Å². The minimum absolute atomic E-state index is 0.0254. The normalized spacial score (nSPS) is 10.9. The monoisotopic (exact) mass is 410 g/mol. The fourth-order valence-corrected chi connectivity index (χ4v) is 3.67. The molecule has 0 heterocycles. The van der Waals surface area contributed by atoms with Gasteiger partial charge in [-0.25, -0.2) is 8.42 Å². The number of thioether (sulfide) groups is 1. The number of hydrogen-bond donors (Lipinski definition) is 1. The Morgan fingerprint density at radius 2 is 1.81 bits per heavy atom. The van der Waals surface area contributed by atoms with Crippen molar-refractivity contribution in [3.05, 3.63) is 59.1 Å². The molecular weight excluding hydrogens is 396 g/mol. The Morgan fingerprint density at radius 3 is 2.42 bits per heavy atom. The Kier molecular flexibility index (Phi) is 7.48. The first-order valence-electron chi connectivity index (χ1n) is 7.44. The lowest BCUT2D eigenvalue weighted by Crippen LogP contribution is -2.31. The van der Waals surface area contributed by atoms with Gasteiger partial charge in [-0.05, 0) is 48.5 Å². The number of benzene rings is 2. The van der Waals surface area contributed by atoms with E-state index in [-0.39, 0.29) is 11.5 Å². The molecule has 0 aliphatic rings. The summed E-state index contributed by atoms with van der Waals surface area (Å²) in [6, 6.07) is 14.5. The predicted molar refractivity (Wildman–Crippen MR) is 99.5 cm³/mol. The van der Waals surface area contributed by atoms with E-state index in [9.17, 15) is 13.2 Å². The lowest BCUT2D eigenvalue weighted by molar-refractivity contribution is -0.141. The van der Waals surface area contributed by atoms with Crippen LogP contribution in [0.1, 0.15) is 5.56 Å². The number of esters is 1. The molecule has 0 aliphatic heterocycles. The molecule has 6 nitrogen and oxygen atoms in total. The molecule has 1 N–H and O–H groups in total. The van der Waals surface area contributed by atoms with Gasteiger partial charge in [0.25, 0.3) is 0 Å². The summed E-state index contributed by atoms with van der Waals surface area (Å²) >= 11 is 7.29. The van der Waals surface area contributed by atoms with E-state index in [0.717, 1.165) is 4.90 Å². The molecule has 0 amide bonds. The Morgan fingerprint density at radius 1 is 1.15 bits per heavy atom. The second-order valence-corrected chi connectivity index (χ2v) is 8.36. The molecule has 0 spiro atoms. The molecule has 136 valence electrons. The number of rotatable bonds is 8. The van der Waals surface area contributed by atoms with E-state index < -0.39 is 22.5 Å². The Labute approximate surface area is 161 Å². The van der Waals surface area contributed by atoms with Gasteiger partial charge in [0.1, 0.15) is 13.2 Å². The highest BCUT2D eigenvalue weighted by Gasteiger charge is 2.16. The van der Waals surface area contributed by atoms with Gasteiger partial charge in [0.2, 0.25) is 10.0 Å². The van der Waals surface area contributed by atoms with E-state index in [1.165, 1.54) is 36.0 Å². The first-order valence-corrected chi connectivity index (χ1v) is 10.3. The lowest BCUT2D eigenvalue weighted by atomic mass is 10.2. The Bertz CT molecular complexity index is 892. The summed E-state index contributed by atoms with van der Waals surface area (Å²) < 4.78 is 31.3. The highest BCUT2D eigenvalue weighted by molar-refractivity contribution is 7.99. The molecule has 0 radical (unpaired) electrons. The summed E-state index contributed by atoms with van der Waals surface area (Å²) in [5, 5.41) is 9.36. The number of ether oxygens (including phenoxy) is 1. The molecule has 0 aromatic heterocycles. The number of hydrogen-bond acceptors (Lipinski definition) is 6. The van der Waals surface area contributed by atoms with Crippen LogP contribution in [0.4, 0.5) is 0 Å². The van der Waals surface area contributed by atoms with Gasteiger partial charge >= 0.3 is 5.97 Å². The number of nitriles is 1. The third-order valence-electron chi connectivity index (χ3n) is 3.13.